The molecule has 8 nitrogen and oxygen atoms in total. The number of amides is 2. The summed E-state index contributed by atoms with van der Waals surface area (Å²) in [5.74, 6) is -1.11. The molecule has 0 unspecified atom stereocenters. The van der Waals surface area contributed by atoms with Crippen molar-refractivity contribution in [1.29, 1.82) is 0 Å². The first-order valence-corrected chi connectivity index (χ1v) is 7.23. The van der Waals surface area contributed by atoms with Crippen molar-refractivity contribution in [2.24, 2.45) is 0 Å². The number of carboxylic acid groups (broad SMARTS) is 1. The summed E-state index contributed by atoms with van der Waals surface area (Å²) in [6, 6.07) is -0.507. The number of carboxylic acids is 1. The topological polar surface area (TPSA) is 125 Å². The van der Waals surface area contributed by atoms with Gasteiger partial charge in [0.25, 0.3) is 0 Å². The summed E-state index contributed by atoms with van der Waals surface area (Å²) in [5, 5.41) is 13.2. The van der Waals surface area contributed by atoms with Crippen molar-refractivity contribution in [2.75, 3.05) is 25.4 Å². The van der Waals surface area contributed by atoms with Gasteiger partial charge in [-0.15, -0.1) is 0 Å². The molecule has 0 atom stereocenters. The van der Waals surface area contributed by atoms with Crippen LogP contribution in [0.1, 0.15) is 19.8 Å². The summed E-state index contributed by atoms with van der Waals surface area (Å²) in [6.07, 6.45) is 0.313. The zero-order valence-electron chi connectivity index (χ0n) is 10.2. The zero-order chi connectivity index (χ0) is 14.0. The van der Waals surface area contributed by atoms with Crippen molar-refractivity contribution in [1.82, 2.24) is 15.4 Å². The first-order chi connectivity index (χ1) is 8.37. The van der Waals surface area contributed by atoms with E-state index in [1.165, 1.54) is 0 Å². The highest BCUT2D eigenvalue weighted by molar-refractivity contribution is 7.89. The molecule has 0 aliphatic rings. The van der Waals surface area contributed by atoms with Crippen LogP contribution in [-0.2, 0) is 14.8 Å². The summed E-state index contributed by atoms with van der Waals surface area (Å²) >= 11 is 0. The summed E-state index contributed by atoms with van der Waals surface area (Å²) in [5.41, 5.74) is 0. The third-order valence-electron chi connectivity index (χ3n) is 1.87. The first kappa shape index (κ1) is 16.6. The van der Waals surface area contributed by atoms with E-state index in [1.807, 2.05) is 0 Å². The molecule has 0 rings (SSSR count). The minimum atomic E-state index is -3.33. The highest BCUT2D eigenvalue weighted by Crippen LogP contribution is 1.86. The average Bonchev–Trinajstić information content (AvgIpc) is 2.23. The molecule has 0 aromatic rings. The van der Waals surface area contributed by atoms with Crippen molar-refractivity contribution < 1.29 is 23.1 Å². The van der Waals surface area contributed by atoms with Gasteiger partial charge in [-0.3, -0.25) is 4.79 Å². The monoisotopic (exact) mass is 281 g/mol. The van der Waals surface area contributed by atoms with Gasteiger partial charge in [-0.25, -0.2) is 17.9 Å². The van der Waals surface area contributed by atoms with E-state index in [9.17, 15) is 18.0 Å². The highest BCUT2D eigenvalue weighted by atomic mass is 32.2. The molecular weight excluding hydrogens is 262 g/mol. The van der Waals surface area contributed by atoms with Crippen molar-refractivity contribution in [3.63, 3.8) is 0 Å². The number of nitrogens with one attached hydrogen (secondary N) is 3. The van der Waals surface area contributed by atoms with E-state index in [-0.39, 0.29) is 25.3 Å². The van der Waals surface area contributed by atoms with Crippen LogP contribution in [0.2, 0.25) is 0 Å². The molecule has 0 fully saturated rings. The van der Waals surface area contributed by atoms with Gasteiger partial charge >= 0.3 is 12.0 Å². The minimum Gasteiger partial charge on any atom is -0.481 e. The SMILES string of the molecule is CCNS(=O)(=O)CCNC(=O)NCCCC(=O)O. The number of rotatable bonds is 9. The summed E-state index contributed by atoms with van der Waals surface area (Å²) in [7, 11) is -3.33. The fourth-order valence-corrected chi connectivity index (χ4v) is 2.05. The maximum atomic E-state index is 11.2. The number of urea groups is 1. The molecular formula is C9H19N3O5S. The summed E-state index contributed by atoms with van der Waals surface area (Å²) < 4.78 is 24.7. The number of carbonyl (C=O) groups is 2. The molecule has 0 saturated heterocycles. The molecule has 9 heteroatoms. The van der Waals surface area contributed by atoms with Gasteiger partial charge in [0.1, 0.15) is 0 Å². The Morgan fingerprint density at radius 3 is 2.33 bits per heavy atom. The van der Waals surface area contributed by atoms with Gasteiger partial charge in [-0.05, 0) is 6.42 Å². The van der Waals surface area contributed by atoms with Gasteiger partial charge in [0.2, 0.25) is 10.0 Å². The van der Waals surface area contributed by atoms with Crippen LogP contribution in [-0.4, -0.2) is 50.9 Å². The van der Waals surface area contributed by atoms with Crippen molar-refractivity contribution in [3.05, 3.63) is 0 Å². The molecule has 0 saturated carbocycles. The van der Waals surface area contributed by atoms with Crippen LogP contribution in [0.15, 0.2) is 0 Å². The molecule has 0 aromatic heterocycles. The van der Waals surface area contributed by atoms with Crippen LogP contribution in [0.4, 0.5) is 4.79 Å². The van der Waals surface area contributed by atoms with Crippen LogP contribution < -0.4 is 15.4 Å². The Kier molecular flexibility index (Phi) is 8.05. The third kappa shape index (κ3) is 9.85. The molecule has 0 aliphatic heterocycles. The Bertz CT molecular complexity index is 368. The molecule has 0 bridgehead atoms. The largest absolute Gasteiger partial charge is 0.481 e. The molecule has 0 aliphatic carbocycles. The van der Waals surface area contributed by atoms with E-state index in [1.54, 1.807) is 6.92 Å². The van der Waals surface area contributed by atoms with E-state index in [2.05, 4.69) is 15.4 Å². The number of aliphatic carboxylic acids is 1. The third-order valence-corrected chi connectivity index (χ3v) is 3.34. The lowest BCUT2D eigenvalue weighted by Crippen LogP contribution is -2.40. The second kappa shape index (κ2) is 8.70. The lowest BCUT2D eigenvalue weighted by Gasteiger charge is -2.07. The standard InChI is InChI=1S/C9H19N3O5S/c1-2-12-18(16,17)7-6-11-9(15)10-5-3-4-8(13)14/h12H,2-7H2,1H3,(H,13,14)(H2,10,11,15). The normalized spacial score (nSPS) is 10.9. The Labute approximate surface area is 106 Å². The lowest BCUT2D eigenvalue weighted by molar-refractivity contribution is -0.137. The number of carbonyl (C=O) groups excluding carboxylic acids is 1. The van der Waals surface area contributed by atoms with E-state index in [0.717, 1.165) is 0 Å². The van der Waals surface area contributed by atoms with Gasteiger partial charge in [0.05, 0.1) is 5.75 Å². The van der Waals surface area contributed by atoms with Gasteiger partial charge in [0, 0.05) is 26.1 Å². The van der Waals surface area contributed by atoms with Crippen LogP contribution in [0.25, 0.3) is 0 Å². The predicted octanol–water partition coefficient (Wildman–Crippen LogP) is -0.910. The van der Waals surface area contributed by atoms with E-state index < -0.39 is 22.0 Å². The van der Waals surface area contributed by atoms with E-state index >= 15 is 0 Å². The highest BCUT2D eigenvalue weighted by Gasteiger charge is 2.08. The number of hydrogen-bond acceptors (Lipinski definition) is 4. The number of sulfonamides is 1. The fourth-order valence-electron chi connectivity index (χ4n) is 1.10. The smallest absolute Gasteiger partial charge is 0.314 e. The second-order valence-electron chi connectivity index (χ2n) is 3.50. The maximum absolute atomic E-state index is 11.2. The maximum Gasteiger partial charge on any atom is 0.314 e. The second-order valence-corrected chi connectivity index (χ2v) is 5.42. The van der Waals surface area contributed by atoms with Crippen LogP contribution in [0.5, 0.6) is 0 Å². The Morgan fingerprint density at radius 1 is 1.17 bits per heavy atom. The summed E-state index contributed by atoms with van der Waals surface area (Å²) in [4.78, 5) is 21.3. The quantitative estimate of drug-likeness (QED) is 0.407. The molecule has 4 N–H and O–H groups in total. The van der Waals surface area contributed by atoms with Crippen molar-refractivity contribution >= 4 is 22.0 Å². The molecule has 106 valence electrons. The molecule has 0 aromatic carbocycles. The van der Waals surface area contributed by atoms with Crippen LogP contribution in [0, 0.1) is 0 Å². The summed E-state index contributed by atoms with van der Waals surface area (Å²) in [6.45, 7) is 2.21. The van der Waals surface area contributed by atoms with Crippen molar-refractivity contribution in [2.45, 2.75) is 19.8 Å². The van der Waals surface area contributed by atoms with E-state index in [0.29, 0.717) is 13.0 Å². The van der Waals surface area contributed by atoms with E-state index in [4.69, 9.17) is 5.11 Å². The number of hydrogen-bond donors (Lipinski definition) is 4. The van der Waals surface area contributed by atoms with Crippen LogP contribution >= 0.6 is 0 Å². The molecule has 0 spiro atoms. The Balaban J connectivity index is 3.62. The molecule has 18 heavy (non-hydrogen) atoms. The fraction of sp³-hybridized carbons (Fsp3) is 0.778. The van der Waals surface area contributed by atoms with Crippen LogP contribution in [0.3, 0.4) is 0 Å². The Morgan fingerprint density at radius 2 is 1.78 bits per heavy atom. The molecule has 0 radical (unpaired) electrons. The lowest BCUT2D eigenvalue weighted by atomic mass is 10.3. The molecule has 0 heterocycles. The van der Waals surface area contributed by atoms with Gasteiger partial charge < -0.3 is 15.7 Å². The average molecular weight is 281 g/mol. The van der Waals surface area contributed by atoms with Gasteiger partial charge in [-0.1, -0.05) is 6.92 Å². The Hall–Kier alpha value is -1.35. The first-order valence-electron chi connectivity index (χ1n) is 5.58. The molecule has 2 amide bonds. The van der Waals surface area contributed by atoms with Crippen molar-refractivity contribution in [3.8, 4) is 0 Å². The minimum absolute atomic E-state index is 0.0000965. The predicted molar refractivity (Wildman–Crippen MR) is 65.7 cm³/mol. The zero-order valence-corrected chi connectivity index (χ0v) is 11.0. The van der Waals surface area contributed by atoms with Gasteiger partial charge in [-0.2, -0.15) is 0 Å². The van der Waals surface area contributed by atoms with Gasteiger partial charge in [0.15, 0.2) is 0 Å².